The molecule has 0 saturated heterocycles. The third kappa shape index (κ3) is 108. The van der Waals surface area contributed by atoms with E-state index in [0.29, 0.717) is 0 Å². The third-order valence-corrected chi connectivity index (χ3v) is 0. The largest absolute Gasteiger partial charge is 3.00 e. The predicted molar refractivity (Wildman–Crippen MR) is 2.06 cm³/mol. The summed E-state index contributed by atoms with van der Waals surface area (Å²) in [4.78, 5) is 0. The zero-order valence-electron chi connectivity index (χ0n) is 4.23. The first-order chi connectivity index (χ1) is 0. The van der Waals surface area contributed by atoms with Gasteiger partial charge >= 0.3 is 34.1 Å². The monoisotopic (exact) mass is 841 g/mol. The molecule has 0 aromatic carbocycles. The minimum Gasteiger partial charge on any atom is -2.00 e. The predicted octanol–water partition coefficient (Wildman–Crippen LogP) is -0.376. The summed E-state index contributed by atoms with van der Waals surface area (Å²) in [6.45, 7) is 0. The average molecular weight is 837 g/mol. The zero-order chi connectivity index (χ0) is 0. The molecular formula is Co2Fe2Mo2O3W2. The van der Waals surface area contributed by atoms with E-state index in [2.05, 4.69) is 0 Å². The van der Waals surface area contributed by atoms with E-state index < -0.39 is 0 Å². The SMILES string of the molecule is [Co].[Co].[Fe+3].[Fe+3].[Mo].[Mo].[O-2].[O-2].[O-2].[W].[W]. The van der Waals surface area contributed by atoms with Crippen LogP contribution in [0.1, 0.15) is 0 Å². The Morgan fingerprint density at radius 2 is 0.455 bits per heavy atom. The van der Waals surface area contributed by atoms with Gasteiger partial charge in [0.15, 0.2) is 0 Å². The van der Waals surface area contributed by atoms with Crippen molar-refractivity contribution < 1.29 is 168 Å². The molecule has 0 aromatic heterocycles. The summed E-state index contributed by atoms with van der Waals surface area (Å²) in [7, 11) is 0. The van der Waals surface area contributed by atoms with E-state index in [0.717, 1.165) is 0 Å². The summed E-state index contributed by atoms with van der Waals surface area (Å²) in [6.07, 6.45) is 0. The van der Waals surface area contributed by atoms with Gasteiger partial charge in [0.1, 0.15) is 0 Å². The van der Waals surface area contributed by atoms with E-state index in [1.165, 1.54) is 0 Å². The molecule has 0 aromatic rings. The van der Waals surface area contributed by atoms with Gasteiger partial charge < -0.3 is 16.4 Å². The van der Waals surface area contributed by atoms with Crippen LogP contribution in [-0.2, 0) is 168 Å². The zero-order valence-corrected chi connectivity index (χ0v) is 18.4. The molecular weight excluding hydrogens is 837 g/mol. The van der Waals surface area contributed by atoms with Crippen molar-refractivity contribution in [2.24, 2.45) is 0 Å². The van der Waals surface area contributed by atoms with Crippen LogP contribution in [0.4, 0.5) is 0 Å². The van der Waals surface area contributed by atoms with Gasteiger partial charge in [-0.1, -0.05) is 0 Å². The molecule has 0 heterocycles. The van der Waals surface area contributed by atoms with Crippen molar-refractivity contribution in [1.82, 2.24) is 0 Å². The Bertz CT molecular complexity index is 25.3. The van der Waals surface area contributed by atoms with Crippen LogP contribution in [0.2, 0.25) is 0 Å². The van der Waals surface area contributed by atoms with Gasteiger partial charge in [-0.3, -0.25) is 0 Å². The first-order valence-corrected chi connectivity index (χ1v) is 0. The van der Waals surface area contributed by atoms with E-state index in [9.17, 15) is 0 Å². The van der Waals surface area contributed by atoms with Crippen molar-refractivity contribution in [1.29, 1.82) is 0 Å². The molecule has 0 aliphatic carbocycles. The van der Waals surface area contributed by atoms with Crippen molar-refractivity contribution in [3.8, 4) is 0 Å². The number of hydrogen-bond donors (Lipinski definition) is 0. The molecule has 4 radical (unpaired) electrons. The molecule has 0 spiro atoms. The van der Waals surface area contributed by atoms with Gasteiger partial charge in [-0.05, 0) is 0 Å². The molecule has 0 rings (SSSR count). The van der Waals surface area contributed by atoms with E-state index in [-0.39, 0.29) is 168 Å². The van der Waals surface area contributed by atoms with Crippen LogP contribution in [0.25, 0.3) is 0 Å². The van der Waals surface area contributed by atoms with Gasteiger partial charge in [-0.15, -0.1) is 0 Å². The van der Waals surface area contributed by atoms with Crippen molar-refractivity contribution in [2.75, 3.05) is 0 Å². The molecule has 0 aliphatic rings. The number of hydrogen-bond acceptors (Lipinski definition) is 0. The van der Waals surface area contributed by atoms with Crippen LogP contribution in [0.15, 0.2) is 0 Å². The van der Waals surface area contributed by atoms with E-state index in [1.807, 2.05) is 0 Å². The molecule has 76 valence electrons. The summed E-state index contributed by atoms with van der Waals surface area (Å²) in [6, 6.07) is 0. The molecule has 0 N–H and O–H groups in total. The molecule has 0 bridgehead atoms. The second-order valence-electron chi connectivity index (χ2n) is 0. The van der Waals surface area contributed by atoms with Crippen LogP contribution in [0, 0.1) is 0 Å². The standard InChI is InChI=1S/2Co.2Fe.2Mo.3O.2W/q;;2*+3;;;3*-2;;. The average Bonchev–Trinajstić information content (AvgIpc) is 0. The fourth-order valence-corrected chi connectivity index (χ4v) is 0. The number of rotatable bonds is 0. The summed E-state index contributed by atoms with van der Waals surface area (Å²) in [5, 5.41) is 0. The first kappa shape index (κ1) is 154. The van der Waals surface area contributed by atoms with Gasteiger partial charge in [0.05, 0.1) is 0 Å². The third-order valence-electron chi connectivity index (χ3n) is 0. The fourth-order valence-electron chi connectivity index (χ4n) is 0. The Kier molecular flexibility index (Phi) is 1760. The van der Waals surface area contributed by atoms with Crippen LogP contribution in [-0.4, -0.2) is 0 Å². The molecule has 11 heavy (non-hydrogen) atoms. The van der Waals surface area contributed by atoms with Crippen molar-refractivity contribution in [3.63, 3.8) is 0 Å². The fraction of sp³-hybridized carbons (Fsp3) is 0. The Hall–Kier alpha value is 4.69. The van der Waals surface area contributed by atoms with E-state index in [4.69, 9.17) is 0 Å². The molecule has 11 heteroatoms. The Morgan fingerprint density at radius 1 is 0.455 bits per heavy atom. The van der Waals surface area contributed by atoms with Crippen LogP contribution >= 0.6 is 0 Å². The van der Waals surface area contributed by atoms with Gasteiger partial charge in [0, 0.05) is 118 Å². The van der Waals surface area contributed by atoms with Crippen LogP contribution in [0.3, 0.4) is 0 Å². The van der Waals surface area contributed by atoms with Gasteiger partial charge in [-0.25, -0.2) is 0 Å². The molecule has 0 aliphatic heterocycles. The van der Waals surface area contributed by atoms with Gasteiger partial charge in [0.2, 0.25) is 0 Å². The normalized spacial score (nSPS) is 0. The summed E-state index contributed by atoms with van der Waals surface area (Å²) >= 11 is 0. The Labute approximate surface area is 165 Å². The van der Waals surface area contributed by atoms with Gasteiger partial charge in [-0.2, -0.15) is 0 Å². The molecule has 0 saturated carbocycles. The summed E-state index contributed by atoms with van der Waals surface area (Å²) < 4.78 is 0. The minimum atomic E-state index is 0. The summed E-state index contributed by atoms with van der Waals surface area (Å²) in [5.41, 5.74) is 0. The second-order valence-corrected chi connectivity index (χ2v) is 0. The molecule has 0 atom stereocenters. The topological polar surface area (TPSA) is 85.5 Å². The van der Waals surface area contributed by atoms with E-state index in [1.54, 1.807) is 0 Å². The molecule has 0 unspecified atom stereocenters. The Balaban J connectivity index is 0. The van der Waals surface area contributed by atoms with Crippen molar-refractivity contribution >= 4 is 0 Å². The van der Waals surface area contributed by atoms with Crippen LogP contribution in [0.5, 0.6) is 0 Å². The maximum absolute atomic E-state index is 0. The maximum atomic E-state index is 0. The molecule has 0 fully saturated rings. The smallest absolute Gasteiger partial charge is 2.00 e. The Morgan fingerprint density at radius 3 is 0.455 bits per heavy atom. The maximum Gasteiger partial charge on any atom is 3.00 e. The second kappa shape index (κ2) is 125. The first-order valence-electron chi connectivity index (χ1n) is 0. The molecule has 3 nitrogen and oxygen atoms in total. The minimum absolute atomic E-state index is 0. The van der Waals surface area contributed by atoms with Crippen LogP contribution < -0.4 is 0 Å². The van der Waals surface area contributed by atoms with Gasteiger partial charge in [0.25, 0.3) is 0 Å². The molecule has 0 amide bonds. The van der Waals surface area contributed by atoms with Crippen molar-refractivity contribution in [3.05, 3.63) is 0 Å². The van der Waals surface area contributed by atoms with E-state index >= 15 is 0 Å². The summed E-state index contributed by atoms with van der Waals surface area (Å²) in [5.74, 6) is 0. The van der Waals surface area contributed by atoms with Crippen molar-refractivity contribution in [2.45, 2.75) is 0 Å². The quantitative estimate of drug-likeness (QED) is 0.299.